The third kappa shape index (κ3) is 4.01. The second-order valence-corrected chi connectivity index (χ2v) is 5.10. The molecule has 3 N–H and O–H groups in total. The zero-order valence-electron chi connectivity index (χ0n) is 11.5. The fourth-order valence-corrected chi connectivity index (χ4v) is 2.29. The van der Waals surface area contributed by atoms with Crippen molar-refractivity contribution in [1.29, 1.82) is 0 Å². The standard InChI is InChI=1S/C14H25N3O/c1-4-14(5-2,6-3)16-13(18)11-17-9-7-12(15)8-10-17/h1,12H,5-11,15H2,2-3H3,(H,16,18). The largest absolute Gasteiger partial charge is 0.339 e. The van der Waals surface area contributed by atoms with E-state index < -0.39 is 5.54 Å². The summed E-state index contributed by atoms with van der Waals surface area (Å²) in [4.78, 5) is 14.1. The number of likely N-dealkylation sites (tertiary alicyclic amines) is 1. The topological polar surface area (TPSA) is 58.4 Å². The van der Waals surface area contributed by atoms with E-state index in [0.29, 0.717) is 12.6 Å². The first-order chi connectivity index (χ1) is 8.55. The molecule has 4 nitrogen and oxygen atoms in total. The van der Waals surface area contributed by atoms with E-state index in [1.54, 1.807) is 0 Å². The van der Waals surface area contributed by atoms with Crippen molar-refractivity contribution in [3.05, 3.63) is 0 Å². The molecule has 0 aromatic heterocycles. The second-order valence-electron chi connectivity index (χ2n) is 5.10. The second kappa shape index (κ2) is 6.77. The van der Waals surface area contributed by atoms with Gasteiger partial charge in [0.2, 0.25) is 5.91 Å². The molecule has 0 aromatic carbocycles. The van der Waals surface area contributed by atoms with Crippen LogP contribution in [0.4, 0.5) is 0 Å². The summed E-state index contributed by atoms with van der Waals surface area (Å²) in [6, 6.07) is 0.292. The van der Waals surface area contributed by atoms with Gasteiger partial charge in [-0.05, 0) is 25.7 Å². The molecule has 0 aliphatic carbocycles. The molecule has 0 unspecified atom stereocenters. The van der Waals surface area contributed by atoms with Crippen molar-refractivity contribution in [2.45, 2.75) is 51.1 Å². The lowest BCUT2D eigenvalue weighted by Gasteiger charge is -2.32. The number of carbonyl (C=O) groups excluding carboxylic acids is 1. The van der Waals surface area contributed by atoms with Gasteiger partial charge in [0.1, 0.15) is 5.54 Å². The minimum absolute atomic E-state index is 0.0205. The van der Waals surface area contributed by atoms with E-state index in [-0.39, 0.29) is 5.91 Å². The van der Waals surface area contributed by atoms with E-state index >= 15 is 0 Å². The fraction of sp³-hybridized carbons (Fsp3) is 0.786. The zero-order valence-corrected chi connectivity index (χ0v) is 11.5. The van der Waals surface area contributed by atoms with Gasteiger partial charge in [-0.1, -0.05) is 19.8 Å². The van der Waals surface area contributed by atoms with Crippen LogP contribution in [0.2, 0.25) is 0 Å². The first-order valence-corrected chi connectivity index (χ1v) is 6.82. The Hall–Kier alpha value is -1.05. The van der Waals surface area contributed by atoms with Crippen LogP contribution in [0.3, 0.4) is 0 Å². The molecule has 0 radical (unpaired) electrons. The number of hydrogen-bond donors (Lipinski definition) is 2. The lowest BCUT2D eigenvalue weighted by molar-refractivity contribution is -0.123. The maximum absolute atomic E-state index is 12.0. The van der Waals surface area contributed by atoms with Gasteiger partial charge in [0.25, 0.3) is 0 Å². The summed E-state index contributed by atoms with van der Waals surface area (Å²) in [6.45, 7) is 6.23. The van der Waals surface area contributed by atoms with Gasteiger partial charge in [0, 0.05) is 19.1 Å². The molecule has 1 saturated heterocycles. The number of amides is 1. The van der Waals surface area contributed by atoms with Crippen LogP contribution in [0.25, 0.3) is 0 Å². The summed E-state index contributed by atoms with van der Waals surface area (Å²) in [5, 5.41) is 2.99. The third-order valence-electron chi connectivity index (χ3n) is 3.86. The van der Waals surface area contributed by atoms with Crippen LogP contribution >= 0.6 is 0 Å². The van der Waals surface area contributed by atoms with Crippen LogP contribution in [-0.2, 0) is 4.79 Å². The normalized spacial score (nSPS) is 18.3. The number of hydrogen-bond acceptors (Lipinski definition) is 3. The predicted octanol–water partition coefficient (Wildman–Crippen LogP) is 0.718. The molecular formula is C14H25N3O. The highest BCUT2D eigenvalue weighted by Gasteiger charge is 2.26. The van der Waals surface area contributed by atoms with Crippen molar-refractivity contribution in [2.24, 2.45) is 5.73 Å². The average Bonchev–Trinajstić information content (AvgIpc) is 2.39. The lowest BCUT2D eigenvalue weighted by atomic mass is 9.94. The van der Waals surface area contributed by atoms with Crippen LogP contribution in [-0.4, -0.2) is 42.0 Å². The van der Waals surface area contributed by atoms with Gasteiger partial charge >= 0.3 is 0 Å². The molecule has 1 fully saturated rings. The van der Waals surface area contributed by atoms with Gasteiger partial charge < -0.3 is 11.1 Å². The Morgan fingerprint density at radius 1 is 1.44 bits per heavy atom. The van der Waals surface area contributed by atoms with E-state index in [0.717, 1.165) is 38.8 Å². The van der Waals surface area contributed by atoms with Gasteiger partial charge in [0.05, 0.1) is 6.54 Å². The predicted molar refractivity (Wildman–Crippen MR) is 73.9 cm³/mol. The molecule has 0 saturated carbocycles. The van der Waals surface area contributed by atoms with Crippen LogP contribution in [0.1, 0.15) is 39.5 Å². The van der Waals surface area contributed by atoms with E-state index in [9.17, 15) is 4.79 Å². The molecule has 1 rings (SSSR count). The summed E-state index contributed by atoms with van der Waals surface area (Å²) in [5.41, 5.74) is 5.36. The smallest absolute Gasteiger partial charge is 0.235 e. The minimum Gasteiger partial charge on any atom is -0.339 e. The molecule has 1 aliphatic rings. The Morgan fingerprint density at radius 2 is 2.00 bits per heavy atom. The van der Waals surface area contributed by atoms with Crippen LogP contribution in [0, 0.1) is 12.3 Å². The fourth-order valence-electron chi connectivity index (χ4n) is 2.29. The summed E-state index contributed by atoms with van der Waals surface area (Å²) in [7, 11) is 0. The molecule has 1 heterocycles. The first kappa shape index (κ1) is 15.0. The number of terminal acetylenes is 1. The molecule has 0 atom stereocenters. The van der Waals surface area contributed by atoms with Crippen molar-refractivity contribution in [3.8, 4) is 12.3 Å². The Labute approximate surface area is 110 Å². The van der Waals surface area contributed by atoms with Crippen molar-refractivity contribution in [2.75, 3.05) is 19.6 Å². The van der Waals surface area contributed by atoms with Gasteiger partial charge in [0.15, 0.2) is 0 Å². The molecule has 102 valence electrons. The number of nitrogens with two attached hydrogens (primary N) is 1. The van der Waals surface area contributed by atoms with Gasteiger partial charge in [-0.25, -0.2) is 0 Å². The number of nitrogens with one attached hydrogen (secondary N) is 1. The minimum atomic E-state index is -0.483. The van der Waals surface area contributed by atoms with Crippen molar-refractivity contribution >= 4 is 5.91 Å². The van der Waals surface area contributed by atoms with Crippen LogP contribution < -0.4 is 11.1 Å². The van der Waals surface area contributed by atoms with E-state index in [4.69, 9.17) is 12.2 Å². The maximum Gasteiger partial charge on any atom is 0.235 e. The summed E-state index contributed by atoms with van der Waals surface area (Å²) in [6.07, 6.45) is 8.99. The van der Waals surface area contributed by atoms with Gasteiger partial charge in [-0.2, -0.15) is 0 Å². The van der Waals surface area contributed by atoms with Crippen LogP contribution in [0.15, 0.2) is 0 Å². The highest BCUT2D eigenvalue weighted by atomic mass is 16.2. The van der Waals surface area contributed by atoms with Gasteiger partial charge in [-0.3, -0.25) is 9.69 Å². The molecule has 4 heteroatoms. The van der Waals surface area contributed by atoms with E-state index in [2.05, 4.69) is 16.1 Å². The first-order valence-electron chi connectivity index (χ1n) is 6.82. The highest BCUT2D eigenvalue weighted by Crippen LogP contribution is 2.14. The summed E-state index contributed by atoms with van der Waals surface area (Å²) >= 11 is 0. The number of carbonyl (C=O) groups is 1. The monoisotopic (exact) mass is 251 g/mol. The number of nitrogens with zero attached hydrogens (tertiary/aromatic N) is 1. The number of piperidine rings is 1. The molecule has 0 bridgehead atoms. The zero-order chi connectivity index (χ0) is 13.6. The summed E-state index contributed by atoms with van der Waals surface area (Å²) in [5.74, 6) is 2.74. The Bertz CT molecular complexity index is 309. The quantitative estimate of drug-likeness (QED) is 0.708. The average molecular weight is 251 g/mol. The SMILES string of the molecule is C#CC(CC)(CC)NC(=O)CN1CCC(N)CC1. The lowest BCUT2D eigenvalue weighted by Crippen LogP contribution is -2.51. The molecule has 0 spiro atoms. The van der Waals surface area contributed by atoms with Crippen molar-refractivity contribution in [1.82, 2.24) is 10.2 Å². The maximum atomic E-state index is 12.0. The third-order valence-corrected chi connectivity index (χ3v) is 3.86. The summed E-state index contributed by atoms with van der Waals surface area (Å²) < 4.78 is 0. The molecule has 1 aliphatic heterocycles. The van der Waals surface area contributed by atoms with Crippen molar-refractivity contribution in [3.63, 3.8) is 0 Å². The highest BCUT2D eigenvalue weighted by molar-refractivity contribution is 5.79. The number of rotatable bonds is 5. The molecule has 1 amide bonds. The molecule has 0 aromatic rings. The van der Waals surface area contributed by atoms with Crippen molar-refractivity contribution < 1.29 is 4.79 Å². The van der Waals surface area contributed by atoms with Crippen LogP contribution in [0.5, 0.6) is 0 Å². The molecule has 18 heavy (non-hydrogen) atoms. The Morgan fingerprint density at radius 3 is 2.44 bits per heavy atom. The van der Waals surface area contributed by atoms with E-state index in [1.807, 2.05) is 13.8 Å². The van der Waals surface area contributed by atoms with Gasteiger partial charge in [-0.15, -0.1) is 6.42 Å². The Kier molecular flexibility index (Phi) is 5.64. The molecular weight excluding hydrogens is 226 g/mol. The Balaban J connectivity index is 2.44. The van der Waals surface area contributed by atoms with E-state index in [1.165, 1.54) is 0 Å².